The van der Waals surface area contributed by atoms with Crippen molar-refractivity contribution < 1.29 is 14.3 Å². The minimum absolute atomic E-state index is 0.170. The van der Waals surface area contributed by atoms with E-state index >= 15 is 0 Å². The second-order valence-electron chi connectivity index (χ2n) is 5.07. The van der Waals surface area contributed by atoms with Crippen molar-refractivity contribution in [2.24, 2.45) is 0 Å². The molecular formula is C15H16O3. The lowest BCUT2D eigenvalue weighted by Crippen LogP contribution is -2.22. The number of esters is 1. The van der Waals surface area contributed by atoms with Crippen molar-refractivity contribution in [3.63, 3.8) is 0 Å². The zero-order valence-corrected chi connectivity index (χ0v) is 11.0. The molecule has 94 valence electrons. The van der Waals surface area contributed by atoms with E-state index in [4.69, 9.17) is 4.74 Å². The number of rotatable bonds is 2. The SMILES string of the molecule is CC(=O)C1=C(c2ccc(C)cc2)C(C)(C)OC1=O. The van der Waals surface area contributed by atoms with Gasteiger partial charge in [-0.3, -0.25) is 4.79 Å². The molecule has 0 unspecified atom stereocenters. The summed E-state index contributed by atoms with van der Waals surface area (Å²) < 4.78 is 5.29. The van der Waals surface area contributed by atoms with Gasteiger partial charge < -0.3 is 4.74 Å². The van der Waals surface area contributed by atoms with Crippen LogP contribution in [0.25, 0.3) is 5.57 Å². The van der Waals surface area contributed by atoms with E-state index in [0.29, 0.717) is 5.57 Å². The largest absolute Gasteiger partial charge is 0.451 e. The van der Waals surface area contributed by atoms with Crippen LogP contribution in [0.15, 0.2) is 29.8 Å². The Morgan fingerprint density at radius 2 is 1.72 bits per heavy atom. The number of ketones is 1. The minimum atomic E-state index is -0.757. The van der Waals surface area contributed by atoms with Crippen molar-refractivity contribution in [3.8, 4) is 0 Å². The highest BCUT2D eigenvalue weighted by molar-refractivity contribution is 6.25. The van der Waals surface area contributed by atoms with Gasteiger partial charge in [0.25, 0.3) is 0 Å². The van der Waals surface area contributed by atoms with E-state index in [2.05, 4.69) is 0 Å². The van der Waals surface area contributed by atoms with Gasteiger partial charge in [0.05, 0.1) is 0 Å². The van der Waals surface area contributed by atoms with Crippen LogP contribution in [-0.4, -0.2) is 17.4 Å². The Hall–Kier alpha value is -1.90. The van der Waals surface area contributed by atoms with Gasteiger partial charge in [-0.25, -0.2) is 4.79 Å². The molecule has 1 aliphatic rings. The molecule has 2 rings (SSSR count). The van der Waals surface area contributed by atoms with Gasteiger partial charge in [0.1, 0.15) is 11.2 Å². The van der Waals surface area contributed by atoms with E-state index < -0.39 is 11.6 Å². The average molecular weight is 244 g/mol. The van der Waals surface area contributed by atoms with Gasteiger partial charge in [-0.1, -0.05) is 29.8 Å². The third kappa shape index (κ3) is 1.96. The maximum atomic E-state index is 11.8. The number of ether oxygens (including phenoxy) is 1. The summed E-state index contributed by atoms with van der Waals surface area (Å²) in [5.41, 5.74) is 2.09. The highest BCUT2D eigenvalue weighted by Crippen LogP contribution is 2.39. The van der Waals surface area contributed by atoms with Crippen molar-refractivity contribution in [1.82, 2.24) is 0 Å². The second kappa shape index (κ2) is 4.09. The van der Waals surface area contributed by atoms with Crippen molar-refractivity contribution in [1.29, 1.82) is 0 Å². The van der Waals surface area contributed by atoms with Crippen LogP contribution < -0.4 is 0 Å². The van der Waals surface area contributed by atoms with Gasteiger partial charge in [-0.05, 0) is 33.3 Å². The Kier molecular flexibility index (Phi) is 2.85. The summed E-state index contributed by atoms with van der Waals surface area (Å²) in [7, 11) is 0. The smallest absolute Gasteiger partial charge is 0.343 e. The van der Waals surface area contributed by atoms with E-state index in [0.717, 1.165) is 11.1 Å². The summed E-state index contributed by atoms with van der Waals surface area (Å²) in [6, 6.07) is 7.74. The summed E-state index contributed by atoms with van der Waals surface area (Å²) in [5, 5.41) is 0. The molecular weight excluding hydrogens is 228 g/mol. The molecule has 0 atom stereocenters. The molecule has 0 aliphatic carbocycles. The Morgan fingerprint density at radius 3 is 2.22 bits per heavy atom. The topological polar surface area (TPSA) is 43.4 Å². The standard InChI is InChI=1S/C15H16O3/c1-9-5-7-11(8-6-9)13-12(10(2)16)14(17)18-15(13,3)4/h5-8H,1-4H3. The summed E-state index contributed by atoms with van der Waals surface area (Å²) in [4.78, 5) is 23.4. The van der Waals surface area contributed by atoms with Gasteiger partial charge in [0, 0.05) is 5.57 Å². The van der Waals surface area contributed by atoms with Crippen molar-refractivity contribution in [2.45, 2.75) is 33.3 Å². The molecule has 1 aromatic carbocycles. The molecule has 1 aliphatic heterocycles. The normalized spacial score (nSPS) is 17.9. The molecule has 0 saturated carbocycles. The Bertz CT molecular complexity index is 548. The van der Waals surface area contributed by atoms with Crippen molar-refractivity contribution in [3.05, 3.63) is 41.0 Å². The summed E-state index contributed by atoms with van der Waals surface area (Å²) in [6.07, 6.45) is 0. The van der Waals surface area contributed by atoms with Crippen LogP contribution in [0.2, 0.25) is 0 Å². The zero-order chi connectivity index (χ0) is 13.5. The molecule has 0 saturated heterocycles. The first-order valence-corrected chi connectivity index (χ1v) is 5.89. The molecule has 0 spiro atoms. The minimum Gasteiger partial charge on any atom is -0.451 e. The van der Waals surface area contributed by atoms with E-state index in [1.54, 1.807) is 13.8 Å². The first kappa shape index (κ1) is 12.6. The van der Waals surface area contributed by atoms with Crippen molar-refractivity contribution >= 4 is 17.3 Å². The number of hydrogen-bond donors (Lipinski definition) is 0. The van der Waals surface area contributed by atoms with Gasteiger partial charge in [0.15, 0.2) is 5.78 Å². The molecule has 1 heterocycles. The Balaban J connectivity index is 2.65. The first-order valence-electron chi connectivity index (χ1n) is 5.89. The van der Waals surface area contributed by atoms with Crippen LogP contribution >= 0.6 is 0 Å². The lowest BCUT2D eigenvalue weighted by atomic mass is 9.88. The van der Waals surface area contributed by atoms with Crippen LogP contribution in [0, 0.1) is 6.92 Å². The number of Topliss-reactive ketones (excluding diaryl/α,β-unsaturated/α-hetero) is 1. The molecule has 0 bridgehead atoms. The predicted octanol–water partition coefficient (Wildman–Crippen LogP) is 2.67. The molecule has 0 radical (unpaired) electrons. The third-order valence-electron chi connectivity index (χ3n) is 3.10. The molecule has 3 heteroatoms. The zero-order valence-electron chi connectivity index (χ0n) is 11.0. The quantitative estimate of drug-likeness (QED) is 0.593. The maximum absolute atomic E-state index is 11.8. The highest BCUT2D eigenvalue weighted by atomic mass is 16.6. The summed E-state index contributed by atoms with van der Waals surface area (Å²) in [5.74, 6) is -0.774. The van der Waals surface area contributed by atoms with Crippen LogP contribution in [0.1, 0.15) is 31.9 Å². The van der Waals surface area contributed by atoms with Crippen LogP contribution in [-0.2, 0) is 14.3 Å². The fourth-order valence-electron chi connectivity index (χ4n) is 2.27. The van der Waals surface area contributed by atoms with Crippen LogP contribution in [0.5, 0.6) is 0 Å². The number of carbonyl (C=O) groups is 2. The fourth-order valence-corrected chi connectivity index (χ4v) is 2.27. The molecule has 0 aromatic heterocycles. The maximum Gasteiger partial charge on any atom is 0.343 e. The van der Waals surface area contributed by atoms with E-state index in [-0.39, 0.29) is 11.4 Å². The molecule has 3 nitrogen and oxygen atoms in total. The predicted molar refractivity (Wildman–Crippen MR) is 69.0 cm³/mol. The first-order chi connectivity index (χ1) is 8.33. The number of benzene rings is 1. The molecule has 0 amide bonds. The molecule has 0 fully saturated rings. The van der Waals surface area contributed by atoms with Gasteiger partial charge in [-0.2, -0.15) is 0 Å². The van der Waals surface area contributed by atoms with E-state index in [1.165, 1.54) is 6.92 Å². The number of hydrogen-bond acceptors (Lipinski definition) is 3. The number of carbonyl (C=O) groups excluding carboxylic acids is 2. The van der Waals surface area contributed by atoms with Gasteiger partial charge in [-0.15, -0.1) is 0 Å². The Morgan fingerprint density at radius 1 is 1.17 bits per heavy atom. The summed E-state index contributed by atoms with van der Waals surface area (Å²) in [6.45, 7) is 6.99. The molecule has 1 aromatic rings. The number of cyclic esters (lactones) is 1. The third-order valence-corrected chi connectivity index (χ3v) is 3.10. The lowest BCUT2D eigenvalue weighted by Gasteiger charge is -2.21. The molecule has 0 N–H and O–H groups in total. The van der Waals surface area contributed by atoms with E-state index in [9.17, 15) is 9.59 Å². The van der Waals surface area contributed by atoms with Crippen LogP contribution in [0.3, 0.4) is 0 Å². The summed E-state index contributed by atoms with van der Waals surface area (Å²) >= 11 is 0. The fraction of sp³-hybridized carbons (Fsp3) is 0.333. The molecule has 18 heavy (non-hydrogen) atoms. The Labute approximate surface area is 106 Å². The van der Waals surface area contributed by atoms with Crippen molar-refractivity contribution in [2.75, 3.05) is 0 Å². The second-order valence-corrected chi connectivity index (χ2v) is 5.07. The van der Waals surface area contributed by atoms with E-state index in [1.807, 2.05) is 31.2 Å². The highest BCUT2D eigenvalue weighted by Gasteiger charge is 2.42. The van der Waals surface area contributed by atoms with Crippen LogP contribution in [0.4, 0.5) is 0 Å². The average Bonchev–Trinajstić information content (AvgIpc) is 2.49. The lowest BCUT2D eigenvalue weighted by molar-refractivity contribution is -0.144. The van der Waals surface area contributed by atoms with Gasteiger partial charge >= 0.3 is 5.97 Å². The monoisotopic (exact) mass is 244 g/mol. The van der Waals surface area contributed by atoms with Gasteiger partial charge in [0.2, 0.25) is 0 Å². The number of aryl methyl sites for hydroxylation is 1.